The molecule has 1 aromatic carbocycles. The minimum Gasteiger partial charge on any atom is -0.236 e. The van der Waals surface area contributed by atoms with E-state index in [1.54, 1.807) is 0 Å². The summed E-state index contributed by atoms with van der Waals surface area (Å²) in [6.45, 7) is 1.99. The zero-order valence-corrected chi connectivity index (χ0v) is 12.9. The predicted octanol–water partition coefficient (Wildman–Crippen LogP) is 4.12. The van der Waals surface area contributed by atoms with Crippen LogP contribution in [0.1, 0.15) is 29.9 Å². The van der Waals surface area contributed by atoms with Gasteiger partial charge in [-0.2, -0.15) is 0 Å². The van der Waals surface area contributed by atoms with E-state index < -0.39 is 0 Å². The van der Waals surface area contributed by atoms with Gasteiger partial charge in [0.2, 0.25) is 0 Å². The maximum absolute atomic E-state index is 6.18. The number of halogens is 2. The minimum atomic E-state index is 0. The molecule has 1 aromatic heterocycles. The molecule has 4 heteroatoms. The Bertz CT molecular complexity index is 571. The van der Waals surface area contributed by atoms with Crippen molar-refractivity contribution in [1.82, 2.24) is 9.97 Å². The smallest absolute Gasteiger partial charge is 0.146 e. The van der Waals surface area contributed by atoms with E-state index in [0.717, 1.165) is 27.9 Å². The third-order valence-electron chi connectivity index (χ3n) is 3.48. The number of aromatic nitrogens is 2. The van der Waals surface area contributed by atoms with Crippen LogP contribution in [0.5, 0.6) is 0 Å². The van der Waals surface area contributed by atoms with E-state index in [-0.39, 0.29) is 5.41 Å². The lowest BCUT2D eigenvalue weighted by Crippen LogP contribution is -2.15. The van der Waals surface area contributed by atoms with Crippen LogP contribution in [-0.2, 0) is 5.41 Å². The molecule has 1 saturated carbocycles. The molecule has 1 aliphatic rings. The Labute approximate surface area is 125 Å². The Morgan fingerprint density at radius 2 is 1.83 bits per heavy atom. The van der Waals surface area contributed by atoms with Crippen LogP contribution in [0.3, 0.4) is 0 Å². The molecule has 1 heterocycles. The van der Waals surface area contributed by atoms with Crippen LogP contribution in [0.4, 0.5) is 0 Å². The summed E-state index contributed by atoms with van der Waals surface area (Å²) in [6, 6.07) is 10.5. The van der Waals surface area contributed by atoms with Gasteiger partial charge in [-0.1, -0.05) is 41.9 Å². The summed E-state index contributed by atoms with van der Waals surface area (Å²) >= 11 is 8.37. The summed E-state index contributed by atoms with van der Waals surface area (Å²) < 4.78 is 0.946. The zero-order valence-electron chi connectivity index (χ0n) is 9.95. The van der Waals surface area contributed by atoms with Crippen molar-refractivity contribution in [3.63, 3.8) is 0 Å². The lowest BCUT2D eigenvalue weighted by atomic mass is 9.95. The molecule has 2 aromatic rings. The molecule has 0 N–H and O–H groups in total. The number of nitrogens with zero attached hydrogens (tertiary/aromatic N) is 2. The van der Waals surface area contributed by atoms with E-state index in [2.05, 4.69) is 56.8 Å². The summed E-state index contributed by atoms with van der Waals surface area (Å²) in [4.78, 5) is 9.13. The van der Waals surface area contributed by atoms with Gasteiger partial charge in [0, 0.05) is 0 Å². The number of hydrogen-bond donors (Lipinski definition) is 0. The average molecular weight is 371 g/mol. The Morgan fingerprint density at radius 1 is 1.17 bits per heavy atom. The molecule has 18 heavy (non-hydrogen) atoms. The lowest BCUT2D eigenvalue weighted by Gasteiger charge is -2.15. The molecule has 0 amide bonds. The van der Waals surface area contributed by atoms with Gasteiger partial charge in [-0.15, -0.1) is 0 Å². The van der Waals surface area contributed by atoms with E-state index >= 15 is 0 Å². The van der Waals surface area contributed by atoms with Crippen molar-refractivity contribution in [3.8, 4) is 0 Å². The highest BCUT2D eigenvalue weighted by atomic mass is 127. The van der Waals surface area contributed by atoms with Gasteiger partial charge in [0.05, 0.1) is 14.7 Å². The monoisotopic (exact) mass is 370 g/mol. The van der Waals surface area contributed by atoms with Crippen LogP contribution in [0.15, 0.2) is 30.3 Å². The highest BCUT2D eigenvalue weighted by molar-refractivity contribution is 14.1. The summed E-state index contributed by atoms with van der Waals surface area (Å²) in [5.41, 5.74) is 2.26. The first-order valence-corrected chi connectivity index (χ1v) is 7.35. The Hall–Kier alpha value is -0.680. The van der Waals surface area contributed by atoms with Gasteiger partial charge in [-0.3, -0.25) is 0 Å². The quantitative estimate of drug-likeness (QED) is 0.587. The van der Waals surface area contributed by atoms with Crippen LogP contribution in [-0.4, -0.2) is 9.97 Å². The van der Waals surface area contributed by atoms with Crippen LogP contribution < -0.4 is 0 Å². The maximum Gasteiger partial charge on any atom is 0.146 e. The fraction of sp³-hybridized carbons (Fsp3) is 0.286. The second-order valence-corrected chi connectivity index (χ2v) is 6.12. The van der Waals surface area contributed by atoms with Gasteiger partial charge in [-0.25, -0.2) is 9.97 Å². The fourth-order valence-electron chi connectivity index (χ4n) is 2.26. The van der Waals surface area contributed by atoms with Gasteiger partial charge in [0.1, 0.15) is 11.0 Å². The first-order valence-electron chi connectivity index (χ1n) is 5.89. The molecule has 2 nitrogen and oxygen atoms in total. The third kappa shape index (κ3) is 1.93. The second kappa shape index (κ2) is 4.46. The van der Waals surface area contributed by atoms with Gasteiger partial charge in [0.15, 0.2) is 0 Å². The molecule has 0 radical (unpaired) electrons. The number of hydrogen-bond acceptors (Lipinski definition) is 2. The van der Waals surface area contributed by atoms with Crippen LogP contribution in [0.2, 0.25) is 5.15 Å². The molecule has 1 fully saturated rings. The molecule has 0 unspecified atom stereocenters. The molecule has 92 valence electrons. The van der Waals surface area contributed by atoms with Crippen LogP contribution in [0.25, 0.3) is 0 Å². The average Bonchev–Trinajstić information content (AvgIpc) is 3.18. The van der Waals surface area contributed by atoms with Gasteiger partial charge in [0.25, 0.3) is 0 Å². The summed E-state index contributed by atoms with van der Waals surface area (Å²) in [5, 5.41) is 0.570. The van der Waals surface area contributed by atoms with Gasteiger partial charge >= 0.3 is 0 Å². The van der Waals surface area contributed by atoms with E-state index in [1.807, 2.05) is 13.0 Å². The van der Waals surface area contributed by atoms with Crippen molar-refractivity contribution in [1.29, 1.82) is 0 Å². The first-order chi connectivity index (χ1) is 8.63. The normalized spacial score (nSPS) is 16.6. The molecular formula is C14H12ClIN2. The predicted molar refractivity (Wildman–Crippen MR) is 81.0 cm³/mol. The molecule has 0 spiro atoms. The van der Waals surface area contributed by atoms with Crippen molar-refractivity contribution in [2.45, 2.75) is 25.2 Å². The van der Waals surface area contributed by atoms with Crippen molar-refractivity contribution < 1.29 is 0 Å². The summed E-state index contributed by atoms with van der Waals surface area (Å²) in [6.07, 6.45) is 2.21. The lowest BCUT2D eigenvalue weighted by molar-refractivity contribution is 0.745. The molecule has 0 saturated heterocycles. The standard InChI is InChI=1S/C14H12ClIN2/c1-9-11(16)12(15)18-13(17-9)14(7-8-14)10-5-3-2-4-6-10/h2-6H,7-8H2,1H3. The largest absolute Gasteiger partial charge is 0.236 e. The van der Waals surface area contributed by atoms with Crippen molar-refractivity contribution >= 4 is 34.2 Å². The molecule has 3 rings (SSSR count). The van der Waals surface area contributed by atoms with Crippen LogP contribution in [0, 0.1) is 10.5 Å². The van der Waals surface area contributed by atoms with Gasteiger partial charge < -0.3 is 0 Å². The summed E-state index contributed by atoms with van der Waals surface area (Å²) in [5.74, 6) is 0.872. The number of benzene rings is 1. The molecule has 0 aliphatic heterocycles. The van der Waals surface area contributed by atoms with Gasteiger partial charge in [-0.05, 0) is 47.9 Å². The first kappa shape index (κ1) is 12.4. The Balaban J connectivity index is 2.11. The highest BCUT2D eigenvalue weighted by Crippen LogP contribution is 2.52. The SMILES string of the molecule is Cc1nc(C2(c3ccccc3)CC2)nc(Cl)c1I. The number of rotatable bonds is 2. The molecule has 1 aliphatic carbocycles. The van der Waals surface area contributed by atoms with E-state index in [4.69, 9.17) is 11.6 Å². The minimum absolute atomic E-state index is 0. The van der Waals surface area contributed by atoms with Crippen molar-refractivity contribution in [2.75, 3.05) is 0 Å². The number of aryl methyl sites for hydroxylation is 1. The fourth-order valence-corrected chi connectivity index (χ4v) is 2.72. The second-order valence-electron chi connectivity index (χ2n) is 4.69. The van der Waals surface area contributed by atoms with Crippen LogP contribution >= 0.6 is 34.2 Å². The van der Waals surface area contributed by atoms with E-state index in [1.165, 1.54) is 5.56 Å². The van der Waals surface area contributed by atoms with Crippen molar-refractivity contribution in [3.05, 3.63) is 56.1 Å². The Kier molecular flexibility index (Phi) is 3.06. The topological polar surface area (TPSA) is 25.8 Å². The Morgan fingerprint density at radius 3 is 2.39 bits per heavy atom. The molecule has 0 atom stereocenters. The van der Waals surface area contributed by atoms with E-state index in [9.17, 15) is 0 Å². The maximum atomic E-state index is 6.18. The summed E-state index contributed by atoms with van der Waals surface area (Å²) in [7, 11) is 0. The zero-order chi connectivity index (χ0) is 12.8. The highest BCUT2D eigenvalue weighted by Gasteiger charge is 2.48. The van der Waals surface area contributed by atoms with Crippen molar-refractivity contribution in [2.24, 2.45) is 0 Å². The molecule has 0 bridgehead atoms. The van der Waals surface area contributed by atoms with E-state index in [0.29, 0.717) is 5.15 Å². The molecular weight excluding hydrogens is 359 g/mol. The third-order valence-corrected chi connectivity index (χ3v) is 5.36.